The highest BCUT2D eigenvalue weighted by molar-refractivity contribution is 5.67. The van der Waals surface area contributed by atoms with E-state index in [1.165, 1.54) is 57.8 Å². The van der Waals surface area contributed by atoms with Crippen molar-refractivity contribution >= 4 is 6.09 Å². The molecule has 8 atom stereocenters. The van der Waals surface area contributed by atoms with Crippen LogP contribution in [0.1, 0.15) is 111 Å². The number of alkyl carbamates (subject to hydrolysis) is 1. The van der Waals surface area contributed by atoms with Crippen LogP contribution in [0, 0.1) is 46.3 Å². The van der Waals surface area contributed by atoms with Crippen LogP contribution in [0.4, 0.5) is 4.79 Å². The number of fused-ring (bicyclic) bond motifs is 5. The first-order valence-electron chi connectivity index (χ1n) is 15.3. The van der Waals surface area contributed by atoms with Gasteiger partial charge in [0.05, 0.1) is 0 Å². The molecule has 0 aromatic carbocycles. The van der Waals surface area contributed by atoms with E-state index in [0.717, 1.165) is 54.9 Å². The van der Waals surface area contributed by atoms with Crippen molar-refractivity contribution in [1.29, 1.82) is 0 Å². The molecule has 4 rings (SSSR count). The molecule has 36 heavy (non-hydrogen) atoms. The molecule has 0 aromatic heterocycles. The highest BCUT2D eigenvalue weighted by atomic mass is 16.6. The highest BCUT2D eigenvalue weighted by Crippen LogP contribution is 2.67. The summed E-state index contributed by atoms with van der Waals surface area (Å²) in [6.45, 7) is 14.0. The number of hydrogen-bond donors (Lipinski definition) is 1. The van der Waals surface area contributed by atoms with E-state index in [2.05, 4.69) is 50.9 Å². The topological polar surface area (TPSA) is 41.6 Å². The molecule has 4 aliphatic carbocycles. The van der Waals surface area contributed by atoms with E-state index in [-0.39, 0.29) is 17.9 Å². The van der Waals surface area contributed by atoms with Crippen LogP contribution in [0.15, 0.2) is 11.6 Å². The Morgan fingerprint density at radius 1 is 1.11 bits per heavy atom. The van der Waals surface area contributed by atoms with E-state index >= 15 is 0 Å². The van der Waals surface area contributed by atoms with Gasteiger partial charge in [-0.2, -0.15) is 0 Å². The van der Waals surface area contributed by atoms with Crippen molar-refractivity contribution in [2.24, 2.45) is 46.3 Å². The first-order valence-corrected chi connectivity index (χ1v) is 15.3. The van der Waals surface area contributed by atoms with Gasteiger partial charge in [-0.25, -0.2) is 4.79 Å². The fraction of sp³-hybridized carbons (Fsp3) is 0.906. The second-order valence-electron chi connectivity index (χ2n) is 14.3. The molecule has 4 aliphatic rings. The molecular weight excluding hydrogens is 444 g/mol. The van der Waals surface area contributed by atoms with E-state index in [4.69, 9.17) is 4.74 Å². The Hall–Kier alpha value is -1.03. The molecule has 0 aromatic rings. The Bertz CT molecular complexity index is 810. The summed E-state index contributed by atoms with van der Waals surface area (Å²) < 4.78 is 5.87. The first-order chi connectivity index (χ1) is 17.0. The van der Waals surface area contributed by atoms with Gasteiger partial charge in [0.2, 0.25) is 0 Å². The third kappa shape index (κ3) is 5.69. The van der Waals surface area contributed by atoms with E-state index in [1.807, 2.05) is 14.1 Å². The van der Waals surface area contributed by atoms with Gasteiger partial charge in [-0.05, 0) is 105 Å². The maximum Gasteiger partial charge on any atom is 0.407 e. The van der Waals surface area contributed by atoms with Crippen molar-refractivity contribution in [3.05, 3.63) is 11.6 Å². The largest absolute Gasteiger partial charge is 0.446 e. The molecule has 3 saturated carbocycles. The second kappa shape index (κ2) is 11.4. The van der Waals surface area contributed by atoms with Gasteiger partial charge in [0, 0.05) is 25.2 Å². The molecule has 0 bridgehead atoms. The van der Waals surface area contributed by atoms with Gasteiger partial charge < -0.3 is 15.0 Å². The highest BCUT2D eigenvalue weighted by Gasteiger charge is 2.59. The SMILES string of the molecule is CC(C)CCC[C@@H](C)C1CCC2[C@@H]3CC=C4C[C@@H](OC(=O)NCCN(C)C)CC[C@]4(C)C3CC[C@@]21C.[HH].[HH].[HH].[HH]. The molecule has 4 nitrogen and oxygen atoms in total. The van der Waals surface area contributed by atoms with Crippen LogP contribution in [0.2, 0.25) is 0 Å². The number of rotatable bonds is 9. The van der Waals surface area contributed by atoms with Crippen LogP contribution in [0.3, 0.4) is 0 Å². The Morgan fingerprint density at radius 3 is 2.61 bits per heavy atom. The van der Waals surface area contributed by atoms with Crippen LogP contribution in [0.25, 0.3) is 0 Å². The van der Waals surface area contributed by atoms with Gasteiger partial charge in [-0.15, -0.1) is 0 Å². The summed E-state index contributed by atoms with van der Waals surface area (Å²) >= 11 is 0. The van der Waals surface area contributed by atoms with Crippen molar-refractivity contribution in [2.45, 2.75) is 111 Å². The predicted octanol–water partition coefficient (Wildman–Crippen LogP) is 8.67. The van der Waals surface area contributed by atoms with Crippen molar-refractivity contribution in [3.8, 4) is 0 Å². The third-order valence-corrected chi connectivity index (χ3v) is 11.4. The maximum absolute atomic E-state index is 12.3. The third-order valence-electron chi connectivity index (χ3n) is 11.4. The van der Waals surface area contributed by atoms with Crippen LogP contribution in [0.5, 0.6) is 0 Å². The lowest BCUT2D eigenvalue weighted by molar-refractivity contribution is -0.0581. The zero-order chi connectivity index (χ0) is 26.1. The maximum atomic E-state index is 12.3. The number of carbonyl (C=O) groups is 1. The summed E-state index contributed by atoms with van der Waals surface area (Å²) in [5.41, 5.74) is 2.46. The van der Waals surface area contributed by atoms with E-state index < -0.39 is 0 Å². The standard InChI is InChI=1S/C32H56N2O2.4H2/c1-22(2)9-8-10-23(3)27-13-14-28-26-12-11-24-21-25(36-30(35)33-19-20-34(6)7)15-17-31(24,4)29(26)16-18-32(27,28)5;;;;/h11,22-23,25-29H,8-10,12-21H2,1-7H3,(H,33,35);4*1H/t23-,25+,26+,27?,28?,29?,31+,32-;;;;/m1..../s1. The average Bonchev–Trinajstić information content (AvgIpc) is 3.16. The van der Waals surface area contributed by atoms with Crippen molar-refractivity contribution in [1.82, 2.24) is 10.2 Å². The Labute approximate surface area is 228 Å². The normalized spacial score (nSPS) is 38.7. The molecule has 0 radical (unpaired) electrons. The van der Waals surface area contributed by atoms with E-state index in [1.54, 1.807) is 5.57 Å². The van der Waals surface area contributed by atoms with Gasteiger partial charge in [0.25, 0.3) is 0 Å². The van der Waals surface area contributed by atoms with Crippen molar-refractivity contribution < 1.29 is 15.2 Å². The molecule has 3 unspecified atom stereocenters. The average molecular weight is 509 g/mol. The summed E-state index contributed by atoms with van der Waals surface area (Å²) in [4.78, 5) is 14.4. The fourth-order valence-electron chi connectivity index (χ4n) is 9.33. The fourth-order valence-corrected chi connectivity index (χ4v) is 9.33. The zero-order valence-electron chi connectivity index (χ0n) is 24.6. The van der Waals surface area contributed by atoms with Gasteiger partial charge in [0.1, 0.15) is 6.10 Å². The Morgan fingerprint density at radius 2 is 1.89 bits per heavy atom. The number of hydrogen-bond acceptors (Lipinski definition) is 3. The summed E-state index contributed by atoms with van der Waals surface area (Å²) in [7, 11) is 4.04. The molecule has 1 amide bonds. The number of allylic oxidation sites excluding steroid dienone is 1. The lowest BCUT2D eigenvalue weighted by atomic mass is 9.47. The van der Waals surface area contributed by atoms with Crippen LogP contribution >= 0.6 is 0 Å². The lowest BCUT2D eigenvalue weighted by Crippen LogP contribution is -2.51. The summed E-state index contributed by atoms with van der Waals surface area (Å²) in [5.74, 6) is 5.21. The van der Waals surface area contributed by atoms with Crippen molar-refractivity contribution in [2.75, 3.05) is 27.2 Å². The van der Waals surface area contributed by atoms with Gasteiger partial charge in [0.15, 0.2) is 0 Å². The molecule has 214 valence electrons. The molecule has 4 heteroatoms. The number of carbonyl (C=O) groups excluding carboxylic acids is 1. The second-order valence-corrected chi connectivity index (χ2v) is 14.3. The smallest absolute Gasteiger partial charge is 0.407 e. The molecule has 0 heterocycles. The number of ether oxygens (including phenoxy) is 1. The predicted molar refractivity (Wildman–Crippen MR) is 158 cm³/mol. The number of nitrogens with zero attached hydrogens (tertiary/aromatic N) is 1. The van der Waals surface area contributed by atoms with Gasteiger partial charge >= 0.3 is 6.09 Å². The Kier molecular flexibility index (Phi) is 8.85. The Balaban J connectivity index is 0.00000380. The quantitative estimate of drug-likeness (QED) is 0.317. The van der Waals surface area contributed by atoms with Crippen LogP contribution in [-0.2, 0) is 4.74 Å². The monoisotopic (exact) mass is 508 g/mol. The number of amides is 1. The minimum Gasteiger partial charge on any atom is -0.446 e. The first kappa shape index (κ1) is 28.0. The molecular formula is C32H64N2O2. The minimum absolute atomic E-state index is 0. The number of likely N-dealkylation sites (N-methyl/N-ethyl adjacent to an activating group) is 1. The molecule has 0 saturated heterocycles. The van der Waals surface area contributed by atoms with E-state index in [9.17, 15) is 4.79 Å². The molecule has 3 fully saturated rings. The molecule has 0 spiro atoms. The van der Waals surface area contributed by atoms with Gasteiger partial charge in [-0.1, -0.05) is 65.5 Å². The van der Waals surface area contributed by atoms with Crippen molar-refractivity contribution in [3.63, 3.8) is 0 Å². The number of nitrogens with one attached hydrogen (secondary N) is 1. The molecule has 0 aliphatic heterocycles. The summed E-state index contributed by atoms with van der Waals surface area (Å²) in [6, 6.07) is 0. The summed E-state index contributed by atoms with van der Waals surface area (Å²) in [6.07, 6.45) is 16.7. The molecule has 1 N–H and O–H groups in total. The van der Waals surface area contributed by atoms with Crippen LogP contribution < -0.4 is 5.32 Å². The van der Waals surface area contributed by atoms with E-state index in [0.29, 0.717) is 17.4 Å². The van der Waals surface area contributed by atoms with Gasteiger partial charge in [-0.3, -0.25) is 0 Å². The lowest BCUT2D eigenvalue weighted by Gasteiger charge is -2.58. The minimum atomic E-state index is -0.243. The summed E-state index contributed by atoms with van der Waals surface area (Å²) in [5, 5.41) is 2.93. The van der Waals surface area contributed by atoms with Crippen LogP contribution in [-0.4, -0.2) is 44.3 Å². The zero-order valence-corrected chi connectivity index (χ0v) is 24.6.